The number of aryl methyl sites for hydroxylation is 1. The van der Waals surface area contributed by atoms with Gasteiger partial charge in [0.25, 0.3) is 0 Å². The maximum atomic E-state index is 3.88. The highest BCUT2D eigenvalue weighted by Crippen LogP contribution is 2.02. The van der Waals surface area contributed by atoms with E-state index in [0.29, 0.717) is 0 Å². The van der Waals surface area contributed by atoms with Crippen LogP contribution in [0.5, 0.6) is 0 Å². The Bertz CT molecular complexity index is 296. The van der Waals surface area contributed by atoms with Gasteiger partial charge in [-0.15, -0.1) is 0 Å². The van der Waals surface area contributed by atoms with Gasteiger partial charge in [0, 0.05) is 18.8 Å². The molecule has 1 heterocycles. The predicted molar refractivity (Wildman–Crippen MR) is 58.0 cm³/mol. The van der Waals surface area contributed by atoms with Crippen LogP contribution < -0.4 is 0 Å². The molecule has 0 amide bonds. The van der Waals surface area contributed by atoms with Crippen molar-refractivity contribution in [1.29, 1.82) is 0 Å². The van der Waals surface area contributed by atoms with Gasteiger partial charge in [-0.3, -0.25) is 4.99 Å². The van der Waals surface area contributed by atoms with Gasteiger partial charge in [-0.25, -0.2) is 0 Å². The van der Waals surface area contributed by atoms with Crippen molar-refractivity contribution in [3.63, 3.8) is 0 Å². The zero-order valence-corrected chi connectivity index (χ0v) is 8.20. The average molecular weight is 173 g/mol. The monoisotopic (exact) mass is 173 g/mol. The number of nitrogens with zero attached hydrogens (tertiary/aromatic N) is 1. The van der Waals surface area contributed by atoms with Gasteiger partial charge in [0.2, 0.25) is 0 Å². The quantitative estimate of drug-likeness (QED) is 0.570. The number of aliphatic imine (C=N–C) groups is 1. The molecule has 0 fully saturated rings. The van der Waals surface area contributed by atoms with Crippen molar-refractivity contribution in [2.75, 3.05) is 0 Å². The van der Waals surface area contributed by atoms with E-state index in [1.165, 1.54) is 11.1 Å². The third kappa shape index (κ3) is 4.26. The van der Waals surface area contributed by atoms with E-state index in [-0.39, 0.29) is 0 Å². The van der Waals surface area contributed by atoms with Gasteiger partial charge in [0.1, 0.15) is 0 Å². The Kier molecular flexibility index (Phi) is 3.97. The number of benzene rings is 1. The molecule has 0 bridgehead atoms. The molecular formula is C12H15N. The summed E-state index contributed by atoms with van der Waals surface area (Å²) in [6, 6.07) is 10.3. The van der Waals surface area contributed by atoms with Gasteiger partial charge in [-0.1, -0.05) is 35.9 Å². The van der Waals surface area contributed by atoms with Crippen LogP contribution in [0.3, 0.4) is 0 Å². The van der Waals surface area contributed by atoms with Crippen LogP contribution in [0.15, 0.2) is 47.1 Å². The van der Waals surface area contributed by atoms with Gasteiger partial charge in [-0.2, -0.15) is 0 Å². The summed E-state index contributed by atoms with van der Waals surface area (Å²) in [7, 11) is 0. The van der Waals surface area contributed by atoms with E-state index in [1.807, 2.05) is 30.6 Å². The molecule has 1 aromatic carbocycles. The highest BCUT2D eigenvalue weighted by molar-refractivity contribution is 5.64. The Hall–Kier alpha value is -1.37. The smallest absolute Gasteiger partial charge is 0.0256 e. The van der Waals surface area contributed by atoms with Gasteiger partial charge < -0.3 is 0 Å². The highest BCUT2D eigenvalue weighted by atomic mass is 14.7. The Labute approximate surface area is 79.8 Å². The van der Waals surface area contributed by atoms with E-state index in [1.54, 1.807) is 0 Å². The maximum Gasteiger partial charge on any atom is 0.0256 e. The van der Waals surface area contributed by atoms with E-state index in [0.717, 1.165) is 6.42 Å². The molecular weight excluding hydrogens is 158 g/mol. The molecule has 13 heavy (non-hydrogen) atoms. The first-order valence-electron chi connectivity index (χ1n) is 4.48. The van der Waals surface area contributed by atoms with Crippen LogP contribution in [0.1, 0.15) is 18.9 Å². The number of allylic oxidation sites excluding steroid dienone is 1. The lowest BCUT2D eigenvalue weighted by atomic mass is 10.2. The van der Waals surface area contributed by atoms with Crippen LogP contribution >= 0.6 is 0 Å². The summed E-state index contributed by atoms with van der Waals surface area (Å²) in [5.74, 6) is 0. The Morgan fingerprint density at radius 3 is 2.00 bits per heavy atom. The van der Waals surface area contributed by atoms with E-state index >= 15 is 0 Å². The van der Waals surface area contributed by atoms with Crippen LogP contribution in [-0.4, -0.2) is 6.21 Å². The molecule has 0 N–H and O–H groups in total. The molecule has 1 aliphatic rings. The minimum atomic E-state index is 1.06. The first-order valence-corrected chi connectivity index (χ1v) is 4.48. The van der Waals surface area contributed by atoms with Crippen molar-refractivity contribution in [3.8, 4) is 0 Å². The van der Waals surface area contributed by atoms with Crippen LogP contribution in [0.4, 0.5) is 0 Å². The Morgan fingerprint density at radius 2 is 1.77 bits per heavy atom. The number of rotatable bonds is 0. The summed E-state index contributed by atoms with van der Waals surface area (Å²) in [4.78, 5) is 3.88. The third-order valence-corrected chi connectivity index (χ3v) is 1.75. The highest BCUT2D eigenvalue weighted by Gasteiger charge is 1.87. The molecule has 2 rings (SSSR count). The zero-order valence-electron chi connectivity index (χ0n) is 8.20. The maximum absolute atomic E-state index is 3.88. The van der Waals surface area contributed by atoms with Crippen molar-refractivity contribution in [2.24, 2.45) is 4.99 Å². The molecule has 0 spiro atoms. The van der Waals surface area contributed by atoms with Gasteiger partial charge in [-0.05, 0) is 19.4 Å². The van der Waals surface area contributed by atoms with E-state index < -0.39 is 0 Å². The second kappa shape index (κ2) is 5.31. The Morgan fingerprint density at radius 1 is 1.08 bits per heavy atom. The van der Waals surface area contributed by atoms with Crippen LogP contribution in [0.25, 0.3) is 0 Å². The first kappa shape index (κ1) is 9.72. The lowest BCUT2D eigenvalue weighted by molar-refractivity contribution is 1.32. The average Bonchev–Trinajstić information content (AvgIpc) is 2.58. The van der Waals surface area contributed by atoms with Crippen molar-refractivity contribution < 1.29 is 0 Å². The lowest BCUT2D eigenvalue weighted by Gasteiger charge is -1.82. The van der Waals surface area contributed by atoms with Gasteiger partial charge in [0.15, 0.2) is 0 Å². The second-order valence-corrected chi connectivity index (χ2v) is 3.17. The minimum absolute atomic E-state index is 1.06. The topological polar surface area (TPSA) is 12.4 Å². The molecule has 0 radical (unpaired) electrons. The van der Waals surface area contributed by atoms with Gasteiger partial charge in [0.05, 0.1) is 0 Å². The van der Waals surface area contributed by atoms with Crippen molar-refractivity contribution in [2.45, 2.75) is 20.3 Å². The van der Waals surface area contributed by atoms with Crippen LogP contribution in [-0.2, 0) is 0 Å². The molecule has 1 aliphatic heterocycles. The summed E-state index contributed by atoms with van der Waals surface area (Å²) < 4.78 is 0. The van der Waals surface area contributed by atoms with Crippen LogP contribution in [0, 0.1) is 6.92 Å². The number of hydrogen-bond donors (Lipinski definition) is 0. The summed E-state index contributed by atoms with van der Waals surface area (Å²) in [6.45, 7) is 4.16. The molecule has 0 saturated heterocycles. The molecule has 0 saturated carbocycles. The molecule has 1 heteroatoms. The summed E-state index contributed by atoms with van der Waals surface area (Å²) >= 11 is 0. The fourth-order valence-corrected chi connectivity index (χ4v) is 0.964. The standard InChI is InChI=1S/C7H8.C5H7N/c1-7-5-3-2-4-6-7;1-5-2-3-6-4-5/h2-6H,1H3;3-4H,2H2,1H3. The van der Waals surface area contributed by atoms with Crippen LogP contribution in [0.2, 0.25) is 0 Å². The predicted octanol–water partition coefficient (Wildman–Crippen LogP) is 3.36. The number of hydrogen-bond acceptors (Lipinski definition) is 1. The molecule has 0 unspecified atom stereocenters. The van der Waals surface area contributed by atoms with E-state index in [2.05, 4.69) is 31.0 Å². The van der Waals surface area contributed by atoms with Crippen molar-refractivity contribution >= 4 is 6.21 Å². The molecule has 0 aliphatic carbocycles. The summed E-state index contributed by atoms with van der Waals surface area (Å²) in [6.07, 6.45) is 4.86. The second-order valence-electron chi connectivity index (χ2n) is 3.17. The molecule has 1 nitrogen and oxygen atoms in total. The molecule has 0 aromatic heterocycles. The summed E-state index contributed by atoms with van der Waals surface area (Å²) in [5.41, 5.74) is 2.68. The minimum Gasteiger partial charge on any atom is -0.269 e. The fourth-order valence-electron chi connectivity index (χ4n) is 0.964. The van der Waals surface area contributed by atoms with Crippen molar-refractivity contribution in [3.05, 3.63) is 47.7 Å². The Balaban J connectivity index is 0.000000132. The lowest BCUT2D eigenvalue weighted by Crippen LogP contribution is -1.64. The van der Waals surface area contributed by atoms with Gasteiger partial charge >= 0.3 is 0 Å². The molecule has 68 valence electrons. The zero-order chi connectivity index (χ0) is 9.52. The van der Waals surface area contributed by atoms with E-state index in [9.17, 15) is 0 Å². The summed E-state index contributed by atoms with van der Waals surface area (Å²) in [5, 5.41) is 0. The first-order chi connectivity index (χ1) is 6.29. The third-order valence-electron chi connectivity index (χ3n) is 1.75. The van der Waals surface area contributed by atoms with Crippen molar-refractivity contribution in [1.82, 2.24) is 0 Å². The fraction of sp³-hybridized carbons (Fsp3) is 0.250. The molecule has 0 atom stereocenters. The van der Waals surface area contributed by atoms with E-state index in [4.69, 9.17) is 0 Å². The normalized spacial score (nSPS) is 13.2. The SMILES string of the molecule is CC1=CN=CC1.Cc1ccccc1. The molecule has 1 aromatic rings. The largest absolute Gasteiger partial charge is 0.269 e.